The van der Waals surface area contributed by atoms with E-state index in [1.807, 2.05) is 0 Å². The predicted octanol–water partition coefficient (Wildman–Crippen LogP) is -0.684. The Morgan fingerprint density at radius 3 is 2.83 bits per heavy atom. The van der Waals surface area contributed by atoms with Crippen LogP contribution >= 0.6 is 0 Å². The van der Waals surface area contributed by atoms with Gasteiger partial charge in [-0.05, 0) is 0 Å². The standard InChI is InChI=1S/C2H2N3O/c6-5-1-3-4-2-5/h1,6H. The van der Waals surface area contributed by atoms with Gasteiger partial charge >= 0.3 is 0 Å². The van der Waals surface area contributed by atoms with Gasteiger partial charge in [-0.15, -0.1) is 14.9 Å². The van der Waals surface area contributed by atoms with Gasteiger partial charge in [-0.1, -0.05) is 0 Å². The van der Waals surface area contributed by atoms with Gasteiger partial charge in [0.25, 0.3) is 0 Å². The Balaban J connectivity index is 3.05. The molecule has 1 aromatic rings. The van der Waals surface area contributed by atoms with Crippen LogP contribution in [0.15, 0.2) is 6.33 Å². The number of nitrogens with zero attached hydrogens (tertiary/aromatic N) is 3. The SMILES string of the molecule is On1[c]nnc1. The van der Waals surface area contributed by atoms with E-state index < -0.39 is 0 Å². The van der Waals surface area contributed by atoms with Crippen molar-refractivity contribution in [2.75, 3.05) is 0 Å². The predicted molar refractivity (Wildman–Crippen MR) is 16.0 cm³/mol. The lowest BCUT2D eigenvalue weighted by molar-refractivity contribution is 0.182. The second-order valence-electron chi connectivity index (χ2n) is 0.776. The molecule has 0 aliphatic heterocycles. The van der Waals surface area contributed by atoms with Crippen LogP contribution in [0.25, 0.3) is 0 Å². The average Bonchev–Trinajstić information content (AvgIpc) is 1.86. The van der Waals surface area contributed by atoms with E-state index in [0.29, 0.717) is 4.73 Å². The summed E-state index contributed by atoms with van der Waals surface area (Å²) in [7, 11) is 0. The molecule has 4 nitrogen and oxygen atoms in total. The van der Waals surface area contributed by atoms with Crippen molar-refractivity contribution >= 4 is 0 Å². The third-order valence-corrected chi connectivity index (χ3v) is 0.366. The summed E-state index contributed by atoms with van der Waals surface area (Å²) in [5.41, 5.74) is 0. The van der Waals surface area contributed by atoms with Crippen molar-refractivity contribution in [3.8, 4) is 0 Å². The molecule has 1 N–H and O–H groups in total. The Kier molecular flexibility index (Phi) is 0.506. The van der Waals surface area contributed by atoms with Crippen molar-refractivity contribution in [3.05, 3.63) is 12.7 Å². The van der Waals surface area contributed by atoms with Crippen LogP contribution in [0, 0.1) is 6.33 Å². The zero-order chi connectivity index (χ0) is 4.41. The van der Waals surface area contributed by atoms with Crippen molar-refractivity contribution in [2.24, 2.45) is 0 Å². The molecule has 0 saturated carbocycles. The Bertz CT molecular complexity index is 112. The summed E-state index contributed by atoms with van der Waals surface area (Å²) in [6.45, 7) is 0. The fraction of sp³-hybridized carbons (Fsp3) is 0. The maximum Gasteiger partial charge on any atom is 0.239 e. The highest BCUT2D eigenvalue weighted by Gasteiger charge is 1.75. The molecule has 0 aliphatic carbocycles. The molecule has 0 atom stereocenters. The van der Waals surface area contributed by atoms with Crippen LogP contribution in [-0.4, -0.2) is 20.1 Å². The first-order valence-corrected chi connectivity index (χ1v) is 1.36. The van der Waals surface area contributed by atoms with Gasteiger partial charge in [-0.25, -0.2) is 0 Å². The van der Waals surface area contributed by atoms with E-state index >= 15 is 0 Å². The summed E-state index contributed by atoms with van der Waals surface area (Å²) in [6.07, 6.45) is 3.25. The first-order valence-electron chi connectivity index (χ1n) is 1.36. The third-order valence-electron chi connectivity index (χ3n) is 0.366. The largest absolute Gasteiger partial charge is 0.425 e. The Morgan fingerprint density at radius 2 is 2.67 bits per heavy atom. The van der Waals surface area contributed by atoms with E-state index in [2.05, 4.69) is 16.5 Å². The van der Waals surface area contributed by atoms with Gasteiger partial charge in [0.05, 0.1) is 0 Å². The van der Waals surface area contributed by atoms with Crippen LogP contribution < -0.4 is 0 Å². The highest BCUT2D eigenvalue weighted by atomic mass is 16.5. The summed E-state index contributed by atoms with van der Waals surface area (Å²) in [6, 6.07) is 0. The fourth-order valence-corrected chi connectivity index (χ4v) is 0.172. The summed E-state index contributed by atoms with van der Waals surface area (Å²) in [4.78, 5) is 0. The first-order chi connectivity index (χ1) is 2.89. The minimum Gasteiger partial charge on any atom is -0.425 e. The maximum atomic E-state index is 8.21. The lowest BCUT2D eigenvalue weighted by Crippen LogP contribution is -1.80. The first kappa shape index (κ1) is 3.14. The minimum absolute atomic E-state index is 0.653. The van der Waals surface area contributed by atoms with Gasteiger partial charge in [0.15, 0.2) is 6.33 Å². The molecule has 0 bridgehead atoms. The quantitative estimate of drug-likeness (QED) is 0.423. The molecule has 31 valence electrons. The van der Waals surface area contributed by atoms with Crippen LogP contribution in [0.4, 0.5) is 0 Å². The minimum atomic E-state index is 0.653. The topological polar surface area (TPSA) is 50.9 Å². The average molecular weight is 84.1 g/mol. The van der Waals surface area contributed by atoms with Crippen molar-refractivity contribution in [1.82, 2.24) is 14.9 Å². The molecule has 1 aromatic heterocycles. The van der Waals surface area contributed by atoms with Gasteiger partial charge in [-0.3, -0.25) is 0 Å². The van der Waals surface area contributed by atoms with Gasteiger partial charge < -0.3 is 5.21 Å². The lowest BCUT2D eigenvalue weighted by atomic mass is 11.3. The molecule has 0 unspecified atom stereocenters. The van der Waals surface area contributed by atoms with Crippen molar-refractivity contribution < 1.29 is 5.21 Å². The third kappa shape index (κ3) is 0.314. The summed E-state index contributed by atoms with van der Waals surface area (Å²) < 4.78 is 0.653. The van der Waals surface area contributed by atoms with E-state index in [0.717, 1.165) is 6.33 Å². The Morgan fingerprint density at radius 1 is 1.83 bits per heavy atom. The second kappa shape index (κ2) is 0.965. The molecule has 1 radical (unpaired) electrons. The molecular formula is C2H2N3O. The van der Waals surface area contributed by atoms with Gasteiger partial charge in [0, 0.05) is 0 Å². The smallest absolute Gasteiger partial charge is 0.239 e. The van der Waals surface area contributed by atoms with Crippen molar-refractivity contribution in [3.63, 3.8) is 0 Å². The van der Waals surface area contributed by atoms with E-state index in [4.69, 9.17) is 5.21 Å². The second-order valence-corrected chi connectivity index (χ2v) is 0.776. The molecule has 4 heteroatoms. The van der Waals surface area contributed by atoms with Crippen LogP contribution in [0.1, 0.15) is 0 Å². The Labute approximate surface area is 34.0 Å². The number of rotatable bonds is 0. The van der Waals surface area contributed by atoms with Gasteiger partial charge in [0.1, 0.15) is 0 Å². The normalized spacial score (nSPS) is 8.67. The van der Waals surface area contributed by atoms with E-state index in [1.165, 1.54) is 0 Å². The summed E-state index contributed by atoms with van der Waals surface area (Å²) in [5, 5.41) is 14.6. The van der Waals surface area contributed by atoms with Crippen LogP contribution in [0.5, 0.6) is 0 Å². The summed E-state index contributed by atoms with van der Waals surface area (Å²) in [5.74, 6) is 0. The molecule has 0 saturated heterocycles. The monoisotopic (exact) mass is 84.0 g/mol. The molecule has 6 heavy (non-hydrogen) atoms. The molecule has 0 amide bonds. The maximum absolute atomic E-state index is 8.21. The molecule has 1 rings (SSSR count). The zero-order valence-corrected chi connectivity index (χ0v) is 2.87. The van der Waals surface area contributed by atoms with Crippen molar-refractivity contribution in [1.29, 1.82) is 0 Å². The van der Waals surface area contributed by atoms with Crippen molar-refractivity contribution in [2.45, 2.75) is 0 Å². The van der Waals surface area contributed by atoms with Crippen LogP contribution in [-0.2, 0) is 0 Å². The van der Waals surface area contributed by atoms with Crippen LogP contribution in [0.3, 0.4) is 0 Å². The van der Waals surface area contributed by atoms with Crippen LogP contribution in [0.2, 0.25) is 0 Å². The number of aromatic nitrogens is 3. The molecule has 0 spiro atoms. The molecule has 1 heterocycles. The van der Waals surface area contributed by atoms with E-state index in [-0.39, 0.29) is 0 Å². The van der Waals surface area contributed by atoms with E-state index in [1.54, 1.807) is 0 Å². The molecule has 0 aromatic carbocycles. The number of hydrogen-bond donors (Lipinski definition) is 1. The summed E-state index contributed by atoms with van der Waals surface area (Å²) >= 11 is 0. The molecule has 0 fully saturated rings. The van der Waals surface area contributed by atoms with Gasteiger partial charge in [0.2, 0.25) is 6.33 Å². The zero-order valence-electron chi connectivity index (χ0n) is 2.87. The number of hydrogen-bond acceptors (Lipinski definition) is 3. The Hall–Kier alpha value is -1.06. The van der Waals surface area contributed by atoms with Gasteiger partial charge in [-0.2, -0.15) is 0 Å². The molecular weight excluding hydrogens is 82.0 g/mol. The highest BCUT2D eigenvalue weighted by Crippen LogP contribution is 1.64. The molecule has 0 aliphatic rings. The van der Waals surface area contributed by atoms with E-state index in [9.17, 15) is 0 Å². The lowest BCUT2D eigenvalue weighted by Gasteiger charge is -1.73. The highest BCUT2D eigenvalue weighted by molar-refractivity contribution is 4.45. The fourth-order valence-electron chi connectivity index (χ4n) is 0.172.